The summed E-state index contributed by atoms with van der Waals surface area (Å²) < 4.78 is 15.1. The first-order valence-corrected chi connectivity index (χ1v) is 6.92. The van der Waals surface area contributed by atoms with Crippen LogP contribution in [0.25, 0.3) is 0 Å². The monoisotopic (exact) mass is 289 g/mol. The molecule has 0 aliphatic heterocycles. The Balaban J connectivity index is 1.73. The molecule has 0 atom stereocenters. The molecule has 1 N–H and O–H groups in total. The second kappa shape index (κ2) is 5.65. The Morgan fingerprint density at radius 2 is 2.19 bits per heavy atom. The normalized spacial score (nSPS) is 14.3. The van der Waals surface area contributed by atoms with E-state index in [1.807, 2.05) is 23.0 Å². The number of nitro groups is 1. The Kier molecular flexibility index (Phi) is 3.70. The molecule has 1 aromatic carbocycles. The standard InChI is InChI=1S/C15H16FN3O2/c16-13-1-4-15(19(20)21)12(7-13)10-18-6-5-11(9-18)8-17-14-2-3-14/h1,4-7,9,14,17H,2-3,8,10H2. The lowest BCUT2D eigenvalue weighted by molar-refractivity contribution is -0.385. The van der Waals surface area contributed by atoms with Gasteiger partial charge in [-0.05, 0) is 36.6 Å². The number of nitro benzene ring substituents is 1. The maximum Gasteiger partial charge on any atom is 0.274 e. The van der Waals surface area contributed by atoms with Crippen molar-refractivity contribution in [2.24, 2.45) is 0 Å². The van der Waals surface area contributed by atoms with Crippen molar-refractivity contribution in [1.82, 2.24) is 9.88 Å². The van der Waals surface area contributed by atoms with E-state index in [0.717, 1.165) is 18.2 Å². The lowest BCUT2D eigenvalue weighted by atomic mass is 10.1. The summed E-state index contributed by atoms with van der Waals surface area (Å²) in [5, 5.41) is 14.4. The summed E-state index contributed by atoms with van der Waals surface area (Å²) in [7, 11) is 0. The molecule has 5 nitrogen and oxygen atoms in total. The zero-order valence-electron chi connectivity index (χ0n) is 11.5. The summed E-state index contributed by atoms with van der Waals surface area (Å²) in [4.78, 5) is 10.5. The largest absolute Gasteiger partial charge is 0.349 e. The van der Waals surface area contributed by atoms with Crippen molar-refractivity contribution < 1.29 is 9.31 Å². The third kappa shape index (κ3) is 3.46. The average Bonchev–Trinajstić information content (AvgIpc) is 3.16. The predicted molar refractivity (Wildman–Crippen MR) is 76.5 cm³/mol. The first kappa shape index (κ1) is 13.8. The van der Waals surface area contributed by atoms with Gasteiger partial charge in [0.25, 0.3) is 5.69 Å². The molecule has 2 aromatic rings. The highest BCUT2D eigenvalue weighted by Gasteiger charge is 2.20. The molecule has 0 unspecified atom stereocenters. The van der Waals surface area contributed by atoms with Gasteiger partial charge in [-0.1, -0.05) is 0 Å². The molecule has 1 fully saturated rings. The van der Waals surface area contributed by atoms with Gasteiger partial charge in [-0.25, -0.2) is 4.39 Å². The van der Waals surface area contributed by atoms with Crippen LogP contribution in [-0.4, -0.2) is 15.5 Å². The average molecular weight is 289 g/mol. The SMILES string of the molecule is O=[N+]([O-])c1ccc(F)cc1Cn1ccc(CNC2CC2)c1. The van der Waals surface area contributed by atoms with Crippen LogP contribution in [0.5, 0.6) is 0 Å². The quantitative estimate of drug-likeness (QED) is 0.657. The number of aromatic nitrogens is 1. The van der Waals surface area contributed by atoms with E-state index in [9.17, 15) is 14.5 Å². The summed E-state index contributed by atoms with van der Waals surface area (Å²) in [5.74, 6) is -0.460. The van der Waals surface area contributed by atoms with Crippen molar-refractivity contribution in [3.8, 4) is 0 Å². The van der Waals surface area contributed by atoms with Gasteiger partial charge in [-0.3, -0.25) is 10.1 Å². The molecule has 1 aromatic heterocycles. The van der Waals surface area contributed by atoms with Gasteiger partial charge in [0.1, 0.15) is 5.82 Å². The topological polar surface area (TPSA) is 60.1 Å². The molecule has 1 aliphatic rings. The number of benzene rings is 1. The van der Waals surface area contributed by atoms with Gasteiger partial charge in [0, 0.05) is 31.0 Å². The molecule has 1 heterocycles. The van der Waals surface area contributed by atoms with Crippen molar-refractivity contribution >= 4 is 5.69 Å². The smallest absolute Gasteiger partial charge is 0.274 e. The summed E-state index contributed by atoms with van der Waals surface area (Å²) in [6.07, 6.45) is 6.26. The number of nitrogens with one attached hydrogen (secondary N) is 1. The zero-order chi connectivity index (χ0) is 14.8. The second-order valence-corrected chi connectivity index (χ2v) is 5.38. The third-order valence-electron chi connectivity index (χ3n) is 3.58. The molecular weight excluding hydrogens is 273 g/mol. The van der Waals surface area contributed by atoms with Gasteiger partial charge in [0.05, 0.1) is 17.0 Å². The fourth-order valence-electron chi connectivity index (χ4n) is 2.30. The van der Waals surface area contributed by atoms with Crippen molar-refractivity contribution in [2.45, 2.75) is 32.0 Å². The molecule has 0 bridgehead atoms. The maximum absolute atomic E-state index is 13.3. The Hall–Kier alpha value is -2.21. The van der Waals surface area contributed by atoms with Crippen LogP contribution in [0.1, 0.15) is 24.0 Å². The van der Waals surface area contributed by atoms with Crippen LogP contribution in [0.15, 0.2) is 36.7 Å². The van der Waals surface area contributed by atoms with Gasteiger partial charge >= 0.3 is 0 Å². The van der Waals surface area contributed by atoms with Gasteiger partial charge < -0.3 is 9.88 Å². The zero-order valence-corrected chi connectivity index (χ0v) is 11.5. The van der Waals surface area contributed by atoms with Gasteiger partial charge in [-0.15, -0.1) is 0 Å². The molecule has 1 saturated carbocycles. The minimum Gasteiger partial charge on any atom is -0.349 e. The number of halogens is 1. The summed E-state index contributed by atoms with van der Waals surface area (Å²) in [6, 6.07) is 6.16. The first-order chi connectivity index (χ1) is 10.1. The number of nitrogens with zero attached hydrogens (tertiary/aromatic N) is 2. The van der Waals surface area contributed by atoms with Crippen molar-refractivity contribution in [2.75, 3.05) is 0 Å². The lowest BCUT2D eigenvalue weighted by Gasteiger charge is -2.05. The van der Waals surface area contributed by atoms with E-state index in [4.69, 9.17) is 0 Å². The van der Waals surface area contributed by atoms with Crippen LogP contribution >= 0.6 is 0 Å². The molecule has 6 heteroatoms. The fourth-order valence-corrected chi connectivity index (χ4v) is 2.30. The molecule has 21 heavy (non-hydrogen) atoms. The van der Waals surface area contributed by atoms with Gasteiger partial charge in [-0.2, -0.15) is 0 Å². The van der Waals surface area contributed by atoms with E-state index in [0.29, 0.717) is 11.6 Å². The summed E-state index contributed by atoms with van der Waals surface area (Å²) in [6.45, 7) is 1.08. The lowest BCUT2D eigenvalue weighted by Crippen LogP contribution is -2.14. The third-order valence-corrected chi connectivity index (χ3v) is 3.58. The van der Waals surface area contributed by atoms with Crippen LogP contribution in [0.3, 0.4) is 0 Å². The van der Waals surface area contributed by atoms with E-state index < -0.39 is 10.7 Å². The molecular formula is C15H16FN3O2. The highest BCUT2D eigenvalue weighted by Crippen LogP contribution is 2.22. The molecule has 0 amide bonds. The minimum atomic E-state index is -0.478. The van der Waals surface area contributed by atoms with Crippen molar-refractivity contribution in [3.63, 3.8) is 0 Å². The molecule has 1 aliphatic carbocycles. The Morgan fingerprint density at radius 3 is 2.90 bits per heavy atom. The Bertz CT molecular complexity index is 665. The fraction of sp³-hybridized carbons (Fsp3) is 0.333. The summed E-state index contributed by atoms with van der Waals surface area (Å²) in [5.41, 5.74) is 1.45. The van der Waals surface area contributed by atoms with E-state index in [1.165, 1.54) is 25.0 Å². The van der Waals surface area contributed by atoms with E-state index in [1.54, 1.807) is 0 Å². The van der Waals surface area contributed by atoms with Gasteiger partial charge in [0.2, 0.25) is 0 Å². The molecule has 110 valence electrons. The van der Waals surface area contributed by atoms with E-state index >= 15 is 0 Å². The highest BCUT2D eigenvalue weighted by atomic mass is 19.1. The maximum atomic E-state index is 13.3. The predicted octanol–water partition coefficient (Wildman–Crippen LogP) is 2.84. The molecule has 0 radical (unpaired) electrons. The molecule has 3 rings (SSSR count). The van der Waals surface area contributed by atoms with E-state index in [2.05, 4.69) is 5.32 Å². The minimum absolute atomic E-state index is 0.0530. The molecule has 0 saturated heterocycles. The first-order valence-electron chi connectivity index (χ1n) is 6.92. The summed E-state index contributed by atoms with van der Waals surface area (Å²) >= 11 is 0. The number of rotatable bonds is 6. The Morgan fingerprint density at radius 1 is 1.38 bits per heavy atom. The van der Waals surface area contributed by atoms with Crippen LogP contribution in [0, 0.1) is 15.9 Å². The highest BCUT2D eigenvalue weighted by molar-refractivity contribution is 5.40. The van der Waals surface area contributed by atoms with Crippen molar-refractivity contribution in [3.05, 3.63) is 63.7 Å². The number of hydrogen-bond donors (Lipinski definition) is 1. The molecule has 0 spiro atoms. The van der Waals surface area contributed by atoms with Crippen LogP contribution in [0.4, 0.5) is 10.1 Å². The Labute approximate surface area is 121 Å². The van der Waals surface area contributed by atoms with Crippen molar-refractivity contribution in [1.29, 1.82) is 0 Å². The van der Waals surface area contributed by atoms with Crippen LogP contribution in [0.2, 0.25) is 0 Å². The van der Waals surface area contributed by atoms with Crippen LogP contribution < -0.4 is 5.32 Å². The van der Waals surface area contributed by atoms with Gasteiger partial charge in [0.15, 0.2) is 0 Å². The number of hydrogen-bond acceptors (Lipinski definition) is 3. The van der Waals surface area contributed by atoms with Crippen LogP contribution in [-0.2, 0) is 13.1 Å². The second-order valence-electron chi connectivity index (χ2n) is 5.38. The van der Waals surface area contributed by atoms with E-state index in [-0.39, 0.29) is 12.2 Å².